The maximum absolute atomic E-state index is 6.31. The van der Waals surface area contributed by atoms with Crippen molar-refractivity contribution in [3.05, 3.63) is 35.6 Å². The van der Waals surface area contributed by atoms with Crippen LogP contribution in [0.5, 0.6) is 5.75 Å². The largest absolute Gasteiger partial charge is 0.491 e. The third kappa shape index (κ3) is 4.69. The highest BCUT2D eigenvalue weighted by molar-refractivity contribution is 6.74. The van der Waals surface area contributed by atoms with Gasteiger partial charge in [-0.05, 0) is 48.6 Å². The summed E-state index contributed by atoms with van der Waals surface area (Å²) in [6, 6.07) is 7.79. The standard InChI is InChI=1S/C18H26ClNO2Si/c1-13(22-23(5,6)18(2,3)4)12-21-16-8-7-14-10-17(19)20-11-15(14)9-16/h7-11,13H,12H2,1-6H3. The van der Waals surface area contributed by atoms with E-state index in [1.807, 2.05) is 24.3 Å². The van der Waals surface area contributed by atoms with Crippen molar-refractivity contribution < 1.29 is 9.16 Å². The topological polar surface area (TPSA) is 31.4 Å². The number of pyridine rings is 1. The summed E-state index contributed by atoms with van der Waals surface area (Å²) in [5.74, 6) is 0.826. The summed E-state index contributed by atoms with van der Waals surface area (Å²) in [5.41, 5.74) is 0. The van der Waals surface area contributed by atoms with Gasteiger partial charge in [0.05, 0.1) is 6.10 Å². The van der Waals surface area contributed by atoms with Gasteiger partial charge in [-0.25, -0.2) is 4.98 Å². The second kappa shape index (κ2) is 6.79. The molecule has 1 heterocycles. The van der Waals surface area contributed by atoms with Gasteiger partial charge in [-0.15, -0.1) is 0 Å². The molecule has 2 aromatic rings. The Bertz CT molecular complexity index is 682. The molecule has 0 saturated carbocycles. The molecule has 126 valence electrons. The molecule has 0 spiro atoms. The van der Waals surface area contributed by atoms with Crippen molar-refractivity contribution in [2.75, 3.05) is 6.61 Å². The van der Waals surface area contributed by atoms with Crippen LogP contribution in [0.3, 0.4) is 0 Å². The molecule has 3 nitrogen and oxygen atoms in total. The first-order chi connectivity index (χ1) is 10.6. The van der Waals surface area contributed by atoms with Crippen molar-refractivity contribution in [2.45, 2.75) is 51.9 Å². The molecule has 23 heavy (non-hydrogen) atoms. The summed E-state index contributed by atoms with van der Waals surface area (Å²) in [5, 5.41) is 2.78. The molecule has 1 unspecified atom stereocenters. The molecular formula is C18H26ClNO2Si. The number of ether oxygens (including phenoxy) is 1. The van der Waals surface area contributed by atoms with E-state index in [4.69, 9.17) is 20.8 Å². The van der Waals surface area contributed by atoms with Crippen molar-refractivity contribution in [3.63, 3.8) is 0 Å². The third-order valence-corrected chi connectivity index (χ3v) is 9.26. The molecule has 0 N–H and O–H groups in total. The highest BCUT2D eigenvalue weighted by Gasteiger charge is 2.38. The van der Waals surface area contributed by atoms with Gasteiger partial charge in [0.1, 0.15) is 17.5 Å². The first-order valence-corrected chi connectivity index (χ1v) is 11.2. The number of benzene rings is 1. The quantitative estimate of drug-likeness (QED) is 0.513. The first-order valence-electron chi connectivity index (χ1n) is 7.94. The summed E-state index contributed by atoms with van der Waals surface area (Å²) < 4.78 is 12.2. The fraction of sp³-hybridized carbons (Fsp3) is 0.500. The van der Waals surface area contributed by atoms with E-state index in [9.17, 15) is 0 Å². The Morgan fingerprint density at radius 2 is 1.87 bits per heavy atom. The molecule has 5 heteroatoms. The molecule has 0 radical (unpaired) electrons. The molecule has 0 aliphatic heterocycles. The third-order valence-electron chi connectivity index (χ3n) is 4.45. The maximum Gasteiger partial charge on any atom is 0.192 e. The van der Waals surface area contributed by atoms with Crippen molar-refractivity contribution in [3.8, 4) is 5.75 Å². The predicted molar refractivity (Wildman–Crippen MR) is 100.0 cm³/mol. The van der Waals surface area contributed by atoms with Gasteiger partial charge in [0.15, 0.2) is 8.32 Å². The fourth-order valence-corrected chi connectivity index (χ4v) is 3.70. The first kappa shape index (κ1) is 18.2. The Morgan fingerprint density at radius 3 is 2.52 bits per heavy atom. The van der Waals surface area contributed by atoms with Crippen LogP contribution in [0.15, 0.2) is 30.5 Å². The number of halogens is 1. The van der Waals surface area contributed by atoms with E-state index >= 15 is 0 Å². The summed E-state index contributed by atoms with van der Waals surface area (Å²) in [6.07, 6.45) is 1.83. The Morgan fingerprint density at radius 1 is 1.17 bits per heavy atom. The normalized spacial score (nSPS) is 14.0. The minimum atomic E-state index is -1.76. The molecule has 1 aromatic heterocycles. The Labute approximate surface area is 145 Å². The van der Waals surface area contributed by atoms with Crippen LogP contribution >= 0.6 is 11.6 Å². The second-order valence-electron chi connectivity index (χ2n) is 7.52. The van der Waals surface area contributed by atoms with Crippen LogP contribution in [0.2, 0.25) is 23.3 Å². The highest BCUT2D eigenvalue weighted by Crippen LogP contribution is 2.37. The molecule has 0 aliphatic rings. The monoisotopic (exact) mass is 351 g/mol. The number of hydrogen-bond donors (Lipinski definition) is 0. The molecule has 0 fully saturated rings. The van der Waals surface area contributed by atoms with Crippen molar-refractivity contribution in [1.29, 1.82) is 0 Å². The number of nitrogens with zero attached hydrogens (tertiary/aromatic N) is 1. The SMILES string of the molecule is CC(COc1ccc2cc(Cl)ncc2c1)O[Si](C)(C)C(C)(C)C. The number of hydrogen-bond acceptors (Lipinski definition) is 3. The zero-order valence-corrected chi connectivity index (χ0v) is 16.6. The van der Waals surface area contributed by atoms with E-state index in [1.165, 1.54) is 0 Å². The van der Waals surface area contributed by atoms with Gasteiger partial charge < -0.3 is 9.16 Å². The average Bonchev–Trinajstić information content (AvgIpc) is 2.43. The van der Waals surface area contributed by atoms with Crippen LogP contribution in [0.25, 0.3) is 10.8 Å². The molecule has 0 amide bonds. The van der Waals surface area contributed by atoms with Gasteiger partial charge in [-0.1, -0.05) is 38.4 Å². The maximum atomic E-state index is 6.31. The van der Waals surface area contributed by atoms with Crippen molar-refractivity contribution in [1.82, 2.24) is 4.98 Å². The Balaban J connectivity index is 1.99. The van der Waals surface area contributed by atoms with E-state index in [2.05, 4.69) is 45.8 Å². The number of fused-ring (bicyclic) bond motifs is 1. The lowest BCUT2D eigenvalue weighted by Crippen LogP contribution is -2.44. The molecule has 0 bridgehead atoms. The highest BCUT2D eigenvalue weighted by atomic mass is 35.5. The van der Waals surface area contributed by atoms with Gasteiger partial charge in [0.2, 0.25) is 0 Å². The Hall–Kier alpha value is -1.10. The average molecular weight is 352 g/mol. The minimum absolute atomic E-state index is 0.0648. The lowest BCUT2D eigenvalue weighted by atomic mass is 10.2. The van der Waals surface area contributed by atoms with Crippen LogP contribution in [0.4, 0.5) is 0 Å². The van der Waals surface area contributed by atoms with Gasteiger partial charge in [0.25, 0.3) is 0 Å². The van der Waals surface area contributed by atoms with Crippen LogP contribution < -0.4 is 4.74 Å². The van der Waals surface area contributed by atoms with Gasteiger partial charge in [-0.3, -0.25) is 0 Å². The Kier molecular flexibility index (Phi) is 5.39. The van der Waals surface area contributed by atoms with Crippen LogP contribution in [0.1, 0.15) is 27.7 Å². The van der Waals surface area contributed by atoms with Crippen LogP contribution in [-0.2, 0) is 4.43 Å². The molecule has 1 aromatic carbocycles. The molecule has 1 atom stereocenters. The molecule has 0 aliphatic carbocycles. The van der Waals surface area contributed by atoms with E-state index in [0.29, 0.717) is 11.8 Å². The summed E-state index contributed by atoms with van der Waals surface area (Å²) in [7, 11) is -1.76. The van der Waals surface area contributed by atoms with Gasteiger partial charge >= 0.3 is 0 Å². The molecule has 2 rings (SSSR count). The van der Waals surface area contributed by atoms with E-state index < -0.39 is 8.32 Å². The minimum Gasteiger partial charge on any atom is -0.491 e. The fourth-order valence-electron chi connectivity index (χ4n) is 2.11. The smallest absolute Gasteiger partial charge is 0.192 e. The lowest BCUT2D eigenvalue weighted by molar-refractivity contribution is 0.129. The van der Waals surface area contributed by atoms with E-state index in [1.54, 1.807) is 6.20 Å². The summed E-state index contributed by atoms with van der Waals surface area (Å²) >= 11 is 5.90. The van der Waals surface area contributed by atoms with E-state index in [0.717, 1.165) is 16.5 Å². The van der Waals surface area contributed by atoms with Crippen molar-refractivity contribution >= 4 is 30.7 Å². The van der Waals surface area contributed by atoms with Gasteiger partial charge in [-0.2, -0.15) is 0 Å². The predicted octanol–water partition coefficient (Wildman–Crippen LogP) is 5.68. The van der Waals surface area contributed by atoms with Crippen LogP contribution in [-0.4, -0.2) is 26.0 Å². The lowest BCUT2D eigenvalue weighted by Gasteiger charge is -2.38. The molecular weight excluding hydrogens is 326 g/mol. The van der Waals surface area contributed by atoms with Crippen molar-refractivity contribution in [2.24, 2.45) is 0 Å². The number of aromatic nitrogens is 1. The zero-order chi connectivity index (χ0) is 17.3. The number of rotatable bonds is 5. The molecule has 0 saturated heterocycles. The van der Waals surface area contributed by atoms with Crippen LogP contribution in [0, 0.1) is 0 Å². The zero-order valence-electron chi connectivity index (χ0n) is 14.8. The second-order valence-corrected chi connectivity index (χ2v) is 12.7. The summed E-state index contributed by atoms with van der Waals surface area (Å²) in [4.78, 5) is 4.11. The van der Waals surface area contributed by atoms with Gasteiger partial charge in [0, 0.05) is 11.6 Å². The van der Waals surface area contributed by atoms with E-state index in [-0.39, 0.29) is 11.1 Å². The summed E-state index contributed by atoms with van der Waals surface area (Å²) in [6.45, 7) is 13.9.